The Morgan fingerprint density at radius 1 is 1.07 bits per heavy atom. The third kappa shape index (κ3) is 4.53. The van der Waals surface area contributed by atoms with Crippen molar-refractivity contribution in [1.82, 2.24) is 9.97 Å². The largest absolute Gasteiger partial charge is 0.481 e. The number of nitrogens with zero attached hydrogens (tertiary/aromatic N) is 2. The number of hydrogen-bond acceptors (Lipinski definition) is 4. The highest BCUT2D eigenvalue weighted by Gasteiger charge is 2.29. The first-order valence-electron chi connectivity index (χ1n) is 11.1. The van der Waals surface area contributed by atoms with Crippen molar-refractivity contribution in [3.8, 4) is 5.88 Å². The Labute approximate surface area is 178 Å². The molecule has 30 heavy (non-hydrogen) atoms. The smallest absolute Gasteiger partial charge is 0.212 e. The third-order valence-electron chi connectivity index (χ3n) is 6.76. The number of Topliss-reactive ketones (excluding diaryl/α,β-unsaturated/α-hetero) is 1. The fraction of sp³-hybridized carbons (Fsp3) is 0.423. The van der Waals surface area contributed by atoms with Gasteiger partial charge in [-0.05, 0) is 67.2 Å². The summed E-state index contributed by atoms with van der Waals surface area (Å²) in [5.41, 5.74) is 3.11. The van der Waals surface area contributed by atoms with Crippen molar-refractivity contribution in [2.45, 2.75) is 51.4 Å². The van der Waals surface area contributed by atoms with Gasteiger partial charge < -0.3 is 4.74 Å². The zero-order chi connectivity index (χ0) is 20.9. The molecule has 0 N–H and O–H groups in total. The number of hydrogen-bond donors (Lipinski definition) is 0. The molecule has 4 rings (SSSR count). The third-order valence-corrected chi connectivity index (χ3v) is 6.76. The number of ketones is 1. The van der Waals surface area contributed by atoms with Crippen molar-refractivity contribution in [1.29, 1.82) is 0 Å². The van der Waals surface area contributed by atoms with Crippen LogP contribution in [0.4, 0.5) is 0 Å². The van der Waals surface area contributed by atoms with E-state index in [0.29, 0.717) is 35.6 Å². The molecule has 0 unspecified atom stereocenters. The van der Waals surface area contributed by atoms with Gasteiger partial charge in [0.15, 0.2) is 5.78 Å². The summed E-state index contributed by atoms with van der Waals surface area (Å²) < 4.78 is 5.09. The lowest BCUT2D eigenvalue weighted by Gasteiger charge is -2.33. The van der Waals surface area contributed by atoms with E-state index in [-0.39, 0.29) is 5.78 Å². The summed E-state index contributed by atoms with van der Waals surface area (Å²) in [5, 5.41) is 1.22. The molecule has 1 fully saturated rings. The minimum atomic E-state index is 0.192. The van der Waals surface area contributed by atoms with Crippen LogP contribution >= 0.6 is 0 Å². The Hall–Kier alpha value is -2.75. The molecule has 0 bridgehead atoms. The summed E-state index contributed by atoms with van der Waals surface area (Å²) in [6.07, 6.45) is 10.1. The van der Waals surface area contributed by atoms with Gasteiger partial charge >= 0.3 is 0 Å². The average molecular weight is 403 g/mol. The van der Waals surface area contributed by atoms with Gasteiger partial charge in [0.25, 0.3) is 0 Å². The minimum absolute atomic E-state index is 0.192. The second-order valence-electron chi connectivity index (χ2n) is 8.46. The minimum Gasteiger partial charge on any atom is -0.481 e. The van der Waals surface area contributed by atoms with Crippen LogP contribution in [0.25, 0.3) is 10.9 Å². The van der Waals surface area contributed by atoms with Crippen LogP contribution in [0, 0.1) is 11.8 Å². The molecular formula is C26H30N2O2. The van der Waals surface area contributed by atoms with E-state index in [1.54, 1.807) is 19.4 Å². The molecule has 2 aromatic heterocycles. The van der Waals surface area contributed by atoms with Crippen LogP contribution in [0.1, 0.15) is 67.3 Å². The van der Waals surface area contributed by atoms with Crippen molar-refractivity contribution < 1.29 is 9.53 Å². The second kappa shape index (κ2) is 9.38. The zero-order valence-electron chi connectivity index (χ0n) is 17.9. The van der Waals surface area contributed by atoms with Gasteiger partial charge in [0.1, 0.15) is 0 Å². The highest BCUT2D eigenvalue weighted by Crippen LogP contribution is 2.41. The Morgan fingerprint density at radius 3 is 2.57 bits per heavy atom. The van der Waals surface area contributed by atoms with E-state index >= 15 is 0 Å². The predicted octanol–water partition coefficient (Wildman–Crippen LogP) is 6.21. The van der Waals surface area contributed by atoms with Gasteiger partial charge in [-0.25, -0.2) is 4.98 Å². The lowest BCUT2D eigenvalue weighted by molar-refractivity contribution is 0.0925. The predicted molar refractivity (Wildman–Crippen MR) is 120 cm³/mol. The number of benzene rings is 1. The number of methoxy groups -OCH3 is 1. The Bertz CT molecular complexity index is 991. The number of carbonyl (C=O) groups is 1. The van der Waals surface area contributed by atoms with Crippen LogP contribution in [-0.4, -0.2) is 22.9 Å². The van der Waals surface area contributed by atoms with Crippen molar-refractivity contribution in [2.75, 3.05) is 7.11 Å². The van der Waals surface area contributed by atoms with E-state index in [1.165, 1.54) is 36.6 Å². The molecule has 0 aliphatic heterocycles. The van der Waals surface area contributed by atoms with Gasteiger partial charge in [-0.15, -0.1) is 0 Å². The van der Waals surface area contributed by atoms with Crippen LogP contribution in [0.2, 0.25) is 0 Å². The van der Waals surface area contributed by atoms with E-state index in [2.05, 4.69) is 47.4 Å². The summed E-state index contributed by atoms with van der Waals surface area (Å²) in [5.74, 6) is 2.38. The maximum Gasteiger partial charge on any atom is 0.212 e. The quantitative estimate of drug-likeness (QED) is 0.441. The number of pyridine rings is 2. The van der Waals surface area contributed by atoms with E-state index in [4.69, 9.17) is 4.74 Å². The van der Waals surface area contributed by atoms with Crippen molar-refractivity contribution in [3.63, 3.8) is 0 Å². The highest BCUT2D eigenvalue weighted by molar-refractivity contribution is 5.96. The average Bonchev–Trinajstić information content (AvgIpc) is 2.82. The summed E-state index contributed by atoms with van der Waals surface area (Å²) in [6, 6.07) is 14.2. The van der Waals surface area contributed by atoms with Gasteiger partial charge in [0, 0.05) is 35.8 Å². The monoisotopic (exact) mass is 402 g/mol. The first-order chi connectivity index (χ1) is 14.7. The highest BCUT2D eigenvalue weighted by atomic mass is 16.5. The van der Waals surface area contributed by atoms with Gasteiger partial charge in [0.2, 0.25) is 5.88 Å². The molecule has 0 amide bonds. The number of para-hydroxylation sites is 1. The molecule has 1 atom stereocenters. The maximum absolute atomic E-state index is 12.8. The van der Waals surface area contributed by atoms with E-state index in [0.717, 1.165) is 11.9 Å². The second-order valence-corrected chi connectivity index (χ2v) is 8.46. The van der Waals surface area contributed by atoms with E-state index < -0.39 is 0 Å². The Morgan fingerprint density at radius 2 is 1.87 bits per heavy atom. The molecule has 1 saturated carbocycles. The molecule has 1 aromatic carbocycles. The molecule has 4 heteroatoms. The Kier molecular flexibility index (Phi) is 6.41. The lowest BCUT2D eigenvalue weighted by Crippen LogP contribution is -2.23. The number of fused-ring (bicyclic) bond motifs is 1. The lowest BCUT2D eigenvalue weighted by atomic mass is 9.72. The number of carbonyl (C=O) groups excluding carboxylic acids is 1. The van der Waals surface area contributed by atoms with Gasteiger partial charge in [-0.2, -0.15) is 0 Å². The molecule has 0 saturated heterocycles. The molecule has 156 valence electrons. The van der Waals surface area contributed by atoms with Crippen LogP contribution in [0.15, 0.2) is 54.9 Å². The molecule has 1 aliphatic carbocycles. The van der Waals surface area contributed by atoms with Crippen molar-refractivity contribution in [2.24, 2.45) is 11.8 Å². The standard InChI is InChI=1S/C26H30N2O2/c1-3-18(15-25(29)22-12-13-26(30-2)28-16-22)19-8-10-20(11-9-19)23-14-21-6-4-5-7-24(21)27-17-23/h4-7,12-14,16-20H,3,8-11,15H2,1-2H3/t18-,19?,20?/m1/s1. The molecule has 0 radical (unpaired) electrons. The molecule has 0 spiro atoms. The van der Waals surface area contributed by atoms with Gasteiger partial charge in [0.05, 0.1) is 12.6 Å². The molecule has 2 heterocycles. The summed E-state index contributed by atoms with van der Waals surface area (Å²) in [4.78, 5) is 21.6. The summed E-state index contributed by atoms with van der Waals surface area (Å²) in [6.45, 7) is 2.21. The SMILES string of the molecule is CC[C@H](CC(=O)c1ccc(OC)nc1)C1CCC(c2cnc3ccccc3c2)CC1. The Balaban J connectivity index is 1.37. The van der Waals surface area contributed by atoms with Gasteiger partial charge in [-0.1, -0.05) is 31.5 Å². The molecular weight excluding hydrogens is 372 g/mol. The summed E-state index contributed by atoms with van der Waals surface area (Å²) >= 11 is 0. The van der Waals surface area contributed by atoms with Crippen LogP contribution < -0.4 is 4.74 Å². The van der Waals surface area contributed by atoms with Crippen LogP contribution in [0.3, 0.4) is 0 Å². The number of ether oxygens (including phenoxy) is 1. The van der Waals surface area contributed by atoms with Crippen LogP contribution in [0.5, 0.6) is 5.88 Å². The first kappa shape index (κ1) is 20.5. The van der Waals surface area contributed by atoms with Crippen LogP contribution in [-0.2, 0) is 0 Å². The molecule has 4 nitrogen and oxygen atoms in total. The normalized spacial score (nSPS) is 20.1. The topological polar surface area (TPSA) is 52.1 Å². The fourth-order valence-electron chi connectivity index (χ4n) is 4.90. The van der Waals surface area contributed by atoms with Crippen molar-refractivity contribution in [3.05, 3.63) is 66.0 Å². The first-order valence-corrected chi connectivity index (χ1v) is 11.1. The number of rotatable bonds is 7. The molecule has 1 aliphatic rings. The van der Waals surface area contributed by atoms with E-state index in [9.17, 15) is 4.79 Å². The fourth-order valence-corrected chi connectivity index (χ4v) is 4.90. The summed E-state index contributed by atoms with van der Waals surface area (Å²) in [7, 11) is 1.58. The number of aromatic nitrogens is 2. The zero-order valence-corrected chi connectivity index (χ0v) is 17.9. The van der Waals surface area contributed by atoms with Gasteiger partial charge in [-0.3, -0.25) is 9.78 Å². The molecule has 3 aromatic rings. The maximum atomic E-state index is 12.8. The van der Waals surface area contributed by atoms with Crippen molar-refractivity contribution >= 4 is 16.7 Å². The van der Waals surface area contributed by atoms with E-state index in [1.807, 2.05) is 12.1 Å².